The van der Waals surface area contributed by atoms with Gasteiger partial charge in [0.25, 0.3) is 5.91 Å². The number of nitrogens with one attached hydrogen (secondary N) is 2. The first-order chi connectivity index (χ1) is 10.5. The number of anilines is 2. The third kappa shape index (κ3) is 4.84. The second-order valence-corrected chi connectivity index (χ2v) is 5.51. The van der Waals surface area contributed by atoms with Crippen LogP contribution in [0.3, 0.4) is 0 Å². The lowest BCUT2D eigenvalue weighted by molar-refractivity contribution is 0.102. The SMILES string of the molecule is CC(C)CCNc1ccc(C(=O)Nc2cccc(F)c2)nc1. The normalized spacial score (nSPS) is 10.5. The Labute approximate surface area is 129 Å². The molecule has 0 spiro atoms. The summed E-state index contributed by atoms with van der Waals surface area (Å²) in [6, 6.07) is 9.22. The van der Waals surface area contributed by atoms with Crippen molar-refractivity contribution in [1.82, 2.24) is 4.98 Å². The number of nitrogens with zero attached hydrogens (tertiary/aromatic N) is 1. The van der Waals surface area contributed by atoms with E-state index in [0.29, 0.717) is 17.3 Å². The van der Waals surface area contributed by atoms with Crippen LogP contribution in [0.2, 0.25) is 0 Å². The molecule has 0 aliphatic rings. The molecule has 1 aromatic carbocycles. The highest BCUT2D eigenvalue weighted by atomic mass is 19.1. The van der Waals surface area contributed by atoms with E-state index in [1.807, 2.05) is 6.07 Å². The Bertz CT molecular complexity index is 626. The van der Waals surface area contributed by atoms with Crippen LogP contribution in [-0.4, -0.2) is 17.4 Å². The van der Waals surface area contributed by atoms with E-state index in [4.69, 9.17) is 0 Å². The molecule has 0 aliphatic heterocycles. The molecular weight excluding hydrogens is 281 g/mol. The summed E-state index contributed by atoms with van der Waals surface area (Å²) >= 11 is 0. The van der Waals surface area contributed by atoms with Gasteiger partial charge in [0.1, 0.15) is 11.5 Å². The van der Waals surface area contributed by atoms with E-state index >= 15 is 0 Å². The molecule has 2 aromatic rings. The first kappa shape index (κ1) is 15.9. The number of benzene rings is 1. The molecular formula is C17H20FN3O. The van der Waals surface area contributed by atoms with Crippen LogP contribution in [0.25, 0.3) is 0 Å². The molecule has 2 rings (SSSR count). The number of halogens is 1. The summed E-state index contributed by atoms with van der Waals surface area (Å²) in [5.41, 5.74) is 1.58. The molecule has 0 unspecified atom stereocenters. The second-order valence-electron chi connectivity index (χ2n) is 5.51. The molecule has 22 heavy (non-hydrogen) atoms. The van der Waals surface area contributed by atoms with Gasteiger partial charge in [0, 0.05) is 12.2 Å². The molecule has 1 heterocycles. The highest BCUT2D eigenvalue weighted by Gasteiger charge is 2.08. The van der Waals surface area contributed by atoms with Crippen molar-refractivity contribution in [2.75, 3.05) is 17.2 Å². The van der Waals surface area contributed by atoms with Crippen LogP contribution in [0, 0.1) is 11.7 Å². The van der Waals surface area contributed by atoms with Gasteiger partial charge in [0.05, 0.1) is 11.9 Å². The van der Waals surface area contributed by atoms with Gasteiger partial charge in [0.2, 0.25) is 0 Å². The van der Waals surface area contributed by atoms with E-state index in [0.717, 1.165) is 18.7 Å². The molecule has 0 saturated carbocycles. The maximum absolute atomic E-state index is 13.1. The van der Waals surface area contributed by atoms with E-state index in [-0.39, 0.29) is 5.91 Å². The molecule has 1 amide bonds. The van der Waals surface area contributed by atoms with Crippen molar-refractivity contribution in [3.63, 3.8) is 0 Å². The Balaban J connectivity index is 1.93. The maximum atomic E-state index is 13.1. The minimum atomic E-state index is -0.393. The van der Waals surface area contributed by atoms with Crippen molar-refractivity contribution in [3.8, 4) is 0 Å². The van der Waals surface area contributed by atoms with Gasteiger partial charge in [0.15, 0.2) is 0 Å². The predicted octanol–water partition coefficient (Wildman–Crippen LogP) is 3.93. The summed E-state index contributed by atoms with van der Waals surface area (Å²) in [6.45, 7) is 5.20. The third-order valence-corrected chi connectivity index (χ3v) is 3.13. The van der Waals surface area contributed by atoms with Crippen molar-refractivity contribution in [2.24, 2.45) is 5.92 Å². The lowest BCUT2D eigenvalue weighted by atomic mass is 10.1. The van der Waals surface area contributed by atoms with E-state index in [1.54, 1.807) is 24.4 Å². The molecule has 0 atom stereocenters. The first-order valence-corrected chi connectivity index (χ1v) is 7.31. The highest BCUT2D eigenvalue weighted by Crippen LogP contribution is 2.12. The topological polar surface area (TPSA) is 54.0 Å². The first-order valence-electron chi connectivity index (χ1n) is 7.31. The zero-order valence-corrected chi connectivity index (χ0v) is 12.8. The van der Waals surface area contributed by atoms with Crippen LogP contribution in [0.4, 0.5) is 15.8 Å². The van der Waals surface area contributed by atoms with Gasteiger partial charge in [-0.15, -0.1) is 0 Å². The average Bonchev–Trinajstić information content (AvgIpc) is 2.47. The van der Waals surface area contributed by atoms with Crippen LogP contribution in [0.1, 0.15) is 30.8 Å². The third-order valence-electron chi connectivity index (χ3n) is 3.13. The zero-order chi connectivity index (χ0) is 15.9. The minimum Gasteiger partial charge on any atom is -0.384 e. The average molecular weight is 301 g/mol. The molecule has 1 aromatic heterocycles. The highest BCUT2D eigenvalue weighted by molar-refractivity contribution is 6.02. The molecule has 0 fully saturated rings. The number of carbonyl (C=O) groups is 1. The largest absolute Gasteiger partial charge is 0.384 e. The summed E-state index contributed by atoms with van der Waals surface area (Å²) in [6.07, 6.45) is 2.70. The van der Waals surface area contributed by atoms with Crippen molar-refractivity contribution >= 4 is 17.3 Å². The van der Waals surface area contributed by atoms with Crippen molar-refractivity contribution in [3.05, 3.63) is 54.1 Å². The minimum absolute atomic E-state index is 0.290. The van der Waals surface area contributed by atoms with Gasteiger partial charge in [-0.2, -0.15) is 0 Å². The lowest BCUT2D eigenvalue weighted by Crippen LogP contribution is -2.14. The molecule has 0 aliphatic carbocycles. The predicted molar refractivity (Wildman–Crippen MR) is 86.5 cm³/mol. The van der Waals surface area contributed by atoms with E-state index in [1.165, 1.54) is 12.1 Å². The van der Waals surface area contributed by atoms with Crippen molar-refractivity contribution in [2.45, 2.75) is 20.3 Å². The number of rotatable bonds is 6. The van der Waals surface area contributed by atoms with Crippen molar-refractivity contribution < 1.29 is 9.18 Å². The fourth-order valence-corrected chi connectivity index (χ4v) is 1.90. The molecule has 5 heteroatoms. The summed E-state index contributed by atoms with van der Waals surface area (Å²) in [5, 5.41) is 5.87. The smallest absolute Gasteiger partial charge is 0.274 e. The van der Waals surface area contributed by atoms with Crippen molar-refractivity contribution in [1.29, 1.82) is 0 Å². The Morgan fingerprint density at radius 1 is 1.23 bits per heavy atom. The molecule has 0 saturated heterocycles. The fourth-order valence-electron chi connectivity index (χ4n) is 1.90. The summed E-state index contributed by atoms with van der Waals surface area (Å²) < 4.78 is 13.1. The maximum Gasteiger partial charge on any atom is 0.274 e. The Hall–Kier alpha value is -2.43. The van der Waals surface area contributed by atoms with E-state index < -0.39 is 5.82 Å². The van der Waals surface area contributed by atoms with Crippen LogP contribution in [-0.2, 0) is 0 Å². The van der Waals surface area contributed by atoms with E-state index in [2.05, 4.69) is 29.5 Å². The number of hydrogen-bond donors (Lipinski definition) is 2. The van der Waals surface area contributed by atoms with Crippen LogP contribution >= 0.6 is 0 Å². The standard InChI is InChI=1S/C17H20FN3O/c1-12(2)8-9-19-15-6-7-16(20-11-15)17(22)21-14-5-3-4-13(18)10-14/h3-7,10-12,19H,8-9H2,1-2H3,(H,21,22). The monoisotopic (exact) mass is 301 g/mol. The van der Waals surface area contributed by atoms with Gasteiger partial charge in [-0.3, -0.25) is 4.79 Å². The molecule has 2 N–H and O–H groups in total. The zero-order valence-electron chi connectivity index (χ0n) is 12.8. The number of pyridine rings is 1. The van der Waals surface area contributed by atoms with E-state index in [9.17, 15) is 9.18 Å². The lowest BCUT2D eigenvalue weighted by Gasteiger charge is -2.09. The summed E-state index contributed by atoms with van der Waals surface area (Å²) in [4.78, 5) is 16.2. The number of aromatic nitrogens is 1. The quantitative estimate of drug-likeness (QED) is 0.850. The number of carbonyl (C=O) groups excluding carboxylic acids is 1. The molecule has 116 valence electrons. The number of amides is 1. The van der Waals surface area contributed by atoms with Gasteiger partial charge < -0.3 is 10.6 Å². The molecule has 0 bridgehead atoms. The Kier molecular flexibility index (Phi) is 5.47. The summed E-state index contributed by atoms with van der Waals surface area (Å²) in [7, 11) is 0. The molecule has 4 nitrogen and oxygen atoms in total. The fraction of sp³-hybridized carbons (Fsp3) is 0.294. The second kappa shape index (κ2) is 7.54. The van der Waals surface area contributed by atoms with Gasteiger partial charge in [-0.05, 0) is 42.7 Å². The van der Waals surface area contributed by atoms with Gasteiger partial charge in [-0.25, -0.2) is 9.37 Å². The van der Waals surface area contributed by atoms with Gasteiger partial charge in [-0.1, -0.05) is 19.9 Å². The summed E-state index contributed by atoms with van der Waals surface area (Å²) in [5.74, 6) is -0.119. The molecule has 0 radical (unpaired) electrons. The number of hydrogen-bond acceptors (Lipinski definition) is 3. The van der Waals surface area contributed by atoms with Gasteiger partial charge >= 0.3 is 0 Å². The van der Waals surface area contributed by atoms with Crippen LogP contribution in [0.5, 0.6) is 0 Å². The Morgan fingerprint density at radius 2 is 2.05 bits per heavy atom. The Morgan fingerprint density at radius 3 is 2.68 bits per heavy atom. The van der Waals surface area contributed by atoms with Crippen LogP contribution in [0.15, 0.2) is 42.6 Å². The van der Waals surface area contributed by atoms with Crippen LogP contribution < -0.4 is 10.6 Å².